The average molecular weight is 444 g/mol. The SMILES string of the molecule is CCNC(=NCc1ccc(C)cc1OCCOCC)NCCc1ccc(OC)c(OC)c1. The molecule has 0 spiro atoms. The Morgan fingerprint density at radius 3 is 2.44 bits per heavy atom. The molecule has 2 aromatic rings. The molecule has 2 rings (SSSR count). The first-order chi connectivity index (χ1) is 15.6. The molecule has 0 heterocycles. The lowest BCUT2D eigenvalue weighted by Gasteiger charge is -2.14. The summed E-state index contributed by atoms with van der Waals surface area (Å²) in [7, 11) is 3.29. The first-order valence-electron chi connectivity index (χ1n) is 11.1. The van der Waals surface area contributed by atoms with Crippen molar-refractivity contribution in [1.82, 2.24) is 10.6 Å². The summed E-state index contributed by atoms with van der Waals surface area (Å²) in [6.45, 7) is 9.94. The van der Waals surface area contributed by atoms with Gasteiger partial charge in [0.1, 0.15) is 12.4 Å². The van der Waals surface area contributed by atoms with E-state index in [1.165, 1.54) is 0 Å². The molecule has 0 radical (unpaired) electrons. The van der Waals surface area contributed by atoms with Crippen LogP contribution in [0.5, 0.6) is 17.2 Å². The molecule has 176 valence electrons. The minimum atomic E-state index is 0.524. The molecule has 32 heavy (non-hydrogen) atoms. The average Bonchev–Trinajstić information content (AvgIpc) is 2.81. The number of hydrogen-bond acceptors (Lipinski definition) is 5. The van der Waals surface area contributed by atoms with E-state index in [9.17, 15) is 0 Å². The fourth-order valence-corrected chi connectivity index (χ4v) is 3.15. The van der Waals surface area contributed by atoms with Gasteiger partial charge < -0.3 is 29.6 Å². The predicted octanol–water partition coefficient (Wildman–Crippen LogP) is 3.73. The van der Waals surface area contributed by atoms with Gasteiger partial charge in [0.25, 0.3) is 0 Å². The van der Waals surface area contributed by atoms with Crippen molar-refractivity contribution in [3.8, 4) is 17.2 Å². The Labute approximate surface area is 192 Å². The highest BCUT2D eigenvalue weighted by Gasteiger charge is 2.07. The van der Waals surface area contributed by atoms with E-state index in [1.807, 2.05) is 31.2 Å². The summed E-state index contributed by atoms with van der Waals surface area (Å²) >= 11 is 0. The number of guanidine groups is 1. The zero-order valence-electron chi connectivity index (χ0n) is 20.0. The molecule has 0 aliphatic rings. The molecule has 0 atom stereocenters. The van der Waals surface area contributed by atoms with E-state index in [-0.39, 0.29) is 0 Å². The van der Waals surface area contributed by atoms with Gasteiger partial charge in [-0.05, 0) is 56.5 Å². The highest BCUT2D eigenvalue weighted by molar-refractivity contribution is 5.79. The fourth-order valence-electron chi connectivity index (χ4n) is 3.15. The second-order valence-corrected chi connectivity index (χ2v) is 7.22. The minimum Gasteiger partial charge on any atom is -0.493 e. The highest BCUT2D eigenvalue weighted by Crippen LogP contribution is 2.27. The molecular formula is C25H37N3O4. The molecule has 0 aliphatic carbocycles. The van der Waals surface area contributed by atoms with Crippen LogP contribution in [0.25, 0.3) is 0 Å². The number of hydrogen-bond donors (Lipinski definition) is 2. The van der Waals surface area contributed by atoms with Crippen molar-refractivity contribution in [2.45, 2.75) is 33.7 Å². The maximum atomic E-state index is 5.93. The zero-order chi connectivity index (χ0) is 23.2. The molecule has 0 amide bonds. The third-order valence-electron chi connectivity index (χ3n) is 4.82. The molecule has 0 fully saturated rings. The first-order valence-corrected chi connectivity index (χ1v) is 11.1. The molecule has 7 nitrogen and oxygen atoms in total. The first kappa shape index (κ1) is 25.3. The third kappa shape index (κ3) is 8.30. The van der Waals surface area contributed by atoms with Crippen LogP contribution in [0.3, 0.4) is 0 Å². The van der Waals surface area contributed by atoms with Crippen molar-refractivity contribution >= 4 is 5.96 Å². The van der Waals surface area contributed by atoms with Gasteiger partial charge in [0.05, 0.1) is 27.4 Å². The van der Waals surface area contributed by atoms with Crippen LogP contribution in [-0.2, 0) is 17.7 Å². The Balaban J connectivity index is 1.98. The Hall–Kier alpha value is -2.93. The van der Waals surface area contributed by atoms with Crippen LogP contribution in [0.4, 0.5) is 0 Å². The number of aliphatic imine (C=N–C) groups is 1. The normalized spacial score (nSPS) is 11.2. The number of aryl methyl sites for hydroxylation is 1. The maximum Gasteiger partial charge on any atom is 0.191 e. The van der Waals surface area contributed by atoms with Gasteiger partial charge >= 0.3 is 0 Å². The smallest absolute Gasteiger partial charge is 0.191 e. The number of benzene rings is 2. The zero-order valence-corrected chi connectivity index (χ0v) is 20.0. The summed E-state index contributed by atoms with van der Waals surface area (Å²) < 4.78 is 22.0. The lowest BCUT2D eigenvalue weighted by Crippen LogP contribution is -2.38. The molecule has 0 aliphatic heterocycles. The van der Waals surface area contributed by atoms with Crippen molar-refractivity contribution in [2.24, 2.45) is 4.99 Å². The topological polar surface area (TPSA) is 73.3 Å². The second-order valence-electron chi connectivity index (χ2n) is 7.22. The van der Waals surface area contributed by atoms with Gasteiger partial charge in [0.15, 0.2) is 17.5 Å². The minimum absolute atomic E-state index is 0.524. The Morgan fingerprint density at radius 2 is 1.72 bits per heavy atom. The van der Waals surface area contributed by atoms with Crippen LogP contribution in [0.15, 0.2) is 41.4 Å². The van der Waals surface area contributed by atoms with E-state index in [0.29, 0.717) is 26.4 Å². The number of rotatable bonds is 13. The van der Waals surface area contributed by atoms with E-state index >= 15 is 0 Å². The second kappa shape index (κ2) is 14.2. The number of methoxy groups -OCH3 is 2. The van der Waals surface area contributed by atoms with Gasteiger partial charge in [-0.25, -0.2) is 4.99 Å². The van der Waals surface area contributed by atoms with Gasteiger partial charge in [-0.15, -0.1) is 0 Å². The van der Waals surface area contributed by atoms with Gasteiger partial charge in [-0.3, -0.25) is 0 Å². The van der Waals surface area contributed by atoms with Crippen LogP contribution >= 0.6 is 0 Å². The Morgan fingerprint density at radius 1 is 0.906 bits per heavy atom. The molecule has 0 saturated carbocycles. The highest BCUT2D eigenvalue weighted by atomic mass is 16.5. The molecule has 2 N–H and O–H groups in total. The summed E-state index contributed by atoms with van der Waals surface area (Å²) in [5, 5.41) is 6.71. The van der Waals surface area contributed by atoms with Crippen molar-refractivity contribution in [2.75, 3.05) is 47.1 Å². The van der Waals surface area contributed by atoms with Crippen molar-refractivity contribution < 1.29 is 18.9 Å². The van der Waals surface area contributed by atoms with E-state index in [0.717, 1.165) is 59.4 Å². The lowest BCUT2D eigenvalue weighted by atomic mass is 10.1. The lowest BCUT2D eigenvalue weighted by molar-refractivity contribution is 0.110. The van der Waals surface area contributed by atoms with Gasteiger partial charge in [0.2, 0.25) is 0 Å². The number of nitrogens with one attached hydrogen (secondary N) is 2. The van der Waals surface area contributed by atoms with E-state index in [4.69, 9.17) is 23.9 Å². The molecule has 2 aromatic carbocycles. The van der Waals surface area contributed by atoms with Gasteiger partial charge in [0, 0.05) is 25.3 Å². The molecule has 0 bridgehead atoms. The number of ether oxygens (including phenoxy) is 4. The number of nitrogens with zero attached hydrogens (tertiary/aromatic N) is 1. The fraction of sp³-hybridized carbons (Fsp3) is 0.480. The molecule has 0 unspecified atom stereocenters. The monoisotopic (exact) mass is 443 g/mol. The van der Waals surface area contributed by atoms with Crippen LogP contribution in [0.1, 0.15) is 30.5 Å². The Bertz CT molecular complexity index is 855. The third-order valence-corrected chi connectivity index (χ3v) is 4.82. The molecule has 0 saturated heterocycles. The predicted molar refractivity (Wildman–Crippen MR) is 129 cm³/mol. The summed E-state index contributed by atoms with van der Waals surface area (Å²) in [5.74, 6) is 3.10. The van der Waals surface area contributed by atoms with E-state index in [1.54, 1.807) is 14.2 Å². The molecular weight excluding hydrogens is 406 g/mol. The summed E-state index contributed by atoms with van der Waals surface area (Å²) in [6, 6.07) is 12.2. The van der Waals surface area contributed by atoms with Crippen molar-refractivity contribution in [3.05, 3.63) is 53.1 Å². The Kier molecular flexibility index (Phi) is 11.2. The summed E-state index contributed by atoms with van der Waals surface area (Å²) in [6.07, 6.45) is 0.834. The van der Waals surface area contributed by atoms with Gasteiger partial charge in [-0.1, -0.05) is 18.2 Å². The quantitative estimate of drug-likeness (QED) is 0.279. The van der Waals surface area contributed by atoms with Crippen molar-refractivity contribution in [1.29, 1.82) is 0 Å². The molecule has 0 aromatic heterocycles. The van der Waals surface area contributed by atoms with Crippen LogP contribution in [0.2, 0.25) is 0 Å². The summed E-state index contributed by atoms with van der Waals surface area (Å²) in [5.41, 5.74) is 3.36. The standard InChI is InChI=1S/C25H37N3O4/c1-6-26-25(27-13-12-20-9-11-22(29-4)24(17-20)30-5)28-18-21-10-8-19(3)16-23(21)32-15-14-31-7-2/h8-11,16-17H,6-7,12-15,18H2,1-5H3,(H2,26,27,28). The maximum absolute atomic E-state index is 5.93. The van der Waals surface area contributed by atoms with Crippen LogP contribution in [0, 0.1) is 6.92 Å². The van der Waals surface area contributed by atoms with Crippen LogP contribution in [-0.4, -0.2) is 53.1 Å². The van der Waals surface area contributed by atoms with E-state index in [2.05, 4.69) is 36.6 Å². The summed E-state index contributed by atoms with van der Waals surface area (Å²) in [4.78, 5) is 4.75. The molecule has 7 heteroatoms. The van der Waals surface area contributed by atoms with Gasteiger partial charge in [-0.2, -0.15) is 0 Å². The van der Waals surface area contributed by atoms with Crippen molar-refractivity contribution in [3.63, 3.8) is 0 Å². The van der Waals surface area contributed by atoms with Crippen LogP contribution < -0.4 is 24.8 Å². The van der Waals surface area contributed by atoms with E-state index < -0.39 is 0 Å². The largest absolute Gasteiger partial charge is 0.493 e.